The van der Waals surface area contributed by atoms with Gasteiger partial charge in [-0.3, -0.25) is 4.57 Å². The van der Waals surface area contributed by atoms with Crippen molar-refractivity contribution in [3.8, 4) is 0 Å². The van der Waals surface area contributed by atoms with Crippen molar-refractivity contribution in [3.05, 3.63) is 34.9 Å². The van der Waals surface area contributed by atoms with Crippen LogP contribution in [0.25, 0.3) is 11.2 Å². The molecular formula is C20H24ClFN6O3. The van der Waals surface area contributed by atoms with Crippen LogP contribution in [0, 0.1) is 6.08 Å². The fourth-order valence-electron chi connectivity index (χ4n) is 3.18. The molecule has 2 aromatic heterocycles. The number of anilines is 3. The number of rotatable bonds is 9. The van der Waals surface area contributed by atoms with Gasteiger partial charge >= 0.3 is 5.97 Å². The van der Waals surface area contributed by atoms with Gasteiger partial charge in [-0.1, -0.05) is 18.5 Å². The summed E-state index contributed by atoms with van der Waals surface area (Å²) in [6.45, 7) is 5.61. The number of carboxylic acids is 1. The zero-order chi connectivity index (χ0) is 22.7. The number of benzene rings is 1. The molecule has 0 saturated heterocycles. The lowest BCUT2D eigenvalue weighted by Gasteiger charge is -2.17. The van der Waals surface area contributed by atoms with Crippen LogP contribution in [0.5, 0.6) is 0 Å². The lowest BCUT2D eigenvalue weighted by atomic mass is 10.2. The molecule has 9 nitrogen and oxygen atoms in total. The first kappa shape index (κ1) is 22.7. The molecule has 0 aliphatic heterocycles. The van der Waals surface area contributed by atoms with E-state index in [9.17, 15) is 14.3 Å². The normalized spacial score (nSPS) is 12.4. The molecule has 4 N–H and O–H groups in total. The first-order valence-corrected chi connectivity index (χ1v) is 10.3. The Morgan fingerprint density at radius 2 is 2.03 bits per heavy atom. The summed E-state index contributed by atoms with van der Waals surface area (Å²) in [6.07, 6.45) is 0.542. The van der Waals surface area contributed by atoms with Crippen LogP contribution in [0.2, 0.25) is 5.02 Å². The van der Waals surface area contributed by atoms with Gasteiger partial charge in [0.15, 0.2) is 17.0 Å². The van der Waals surface area contributed by atoms with Gasteiger partial charge in [0, 0.05) is 24.4 Å². The number of hydrogen-bond donors (Lipinski definition) is 4. The van der Waals surface area contributed by atoms with Crippen LogP contribution in [-0.4, -0.2) is 48.4 Å². The molecule has 0 amide bonds. The third-order valence-corrected chi connectivity index (χ3v) is 5.09. The predicted molar refractivity (Wildman–Crippen MR) is 117 cm³/mol. The van der Waals surface area contributed by atoms with Crippen LogP contribution in [0.3, 0.4) is 0 Å². The smallest absolute Gasteiger partial charge is 0.337 e. The van der Waals surface area contributed by atoms with Crippen LogP contribution in [0.4, 0.5) is 21.8 Å². The lowest BCUT2D eigenvalue weighted by molar-refractivity contribution is 0.0697. The Morgan fingerprint density at radius 3 is 2.61 bits per heavy atom. The molecule has 3 aromatic rings. The van der Waals surface area contributed by atoms with E-state index < -0.39 is 12.0 Å². The minimum atomic E-state index is -1.14. The van der Waals surface area contributed by atoms with E-state index in [0.717, 1.165) is 6.42 Å². The van der Waals surface area contributed by atoms with Gasteiger partial charge in [0.1, 0.15) is 0 Å². The van der Waals surface area contributed by atoms with Crippen molar-refractivity contribution in [2.24, 2.45) is 0 Å². The molecule has 31 heavy (non-hydrogen) atoms. The number of nitrogens with one attached hydrogen (secondary N) is 2. The Hall–Kier alpha value is -2.98. The number of aliphatic hydroxyl groups is 1. The van der Waals surface area contributed by atoms with Crippen LogP contribution >= 0.6 is 11.6 Å². The Bertz CT molecular complexity index is 1100. The highest BCUT2D eigenvalue weighted by molar-refractivity contribution is 6.33. The highest BCUT2D eigenvalue weighted by Gasteiger charge is 2.21. The third kappa shape index (κ3) is 4.86. The highest BCUT2D eigenvalue weighted by Crippen LogP contribution is 2.29. The van der Waals surface area contributed by atoms with Crippen molar-refractivity contribution >= 4 is 46.2 Å². The van der Waals surface area contributed by atoms with E-state index in [-0.39, 0.29) is 46.6 Å². The van der Waals surface area contributed by atoms with Gasteiger partial charge in [-0.2, -0.15) is 19.3 Å². The molecule has 0 radical (unpaired) electrons. The molecule has 0 fully saturated rings. The van der Waals surface area contributed by atoms with Crippen molar-refractivity contribution in [1.82, 2.24) is 19.5 Å². The summed E-state index contributed by atoms with van der Waals surface area (Å²) in [6, 6.07) is 4.05. The summed E-state index contributed by atoms with van der Waals surface area (Å²) < 4.78 is 15.9. The fourth-order valence-corrected chi connectivity index (χ4v) is 3.44. The molecule has 1 aromatic carbocycles. The summed E-state index contributed by atoms with van der Waals surface area (Å²) in [4.78, 5) is 24.1. The molecule has 1 atom stereocenters. The molecule has 1 unspecified atom stereocenters. The lowest BCUT2D eigenvalue weighted by Crippen LogP contribution is -2.21. The van der Waals surface area contributed by atoms with Gasteiger partial charge in [0.2, 0.25) is 5.95 Å². The van der Waals surface area contributed by atoms with Gasteiger partial charge < -0.3 is 20.8 Å². The average Bonchev–Trinajstić information content (AvgIpc) is 3.03. The number of carboxylic acid groups (broad SMARTS) is 1. The molecule has 0 aliphatic carbocycles. The zero-order valence-electron chi connectivity index (χ0n) is 17.4. The number of fused-ring (bicyclic) bond motifs is 1. The van der Waals surface area contributed by atoms with E-state index in [1.165, 1.54) is 22.8 Å². The predicted octanol–water partition coefficient (Wildman–Crippen LogP) is 4.21. The van der Waals surface area contributed by atoms with Gasteiger partial charge in [-0.05, 0) is 44.9 Å². The second-order valence-corrected chi connectivity index (χ2v) is 7.71. The summed E-state index contributed by atoms with van der Waals surface area (Å²) in [7, 11) is 0. The summed E-state index contributed by atoms with van der Waals surface area (Å²) in [5.74, 6) is -0.645. The molecule has 3 rings (SSSR count). The third-order valence-electron chi connectivity index (χ3n) is 4.78. The number of hydrogen-bond acceptors (Lipinski definition) is 7. The topological polar surface area (TPSA) is 125 Å². The average molecular weight is 451 g/mol. The fraction of sp³-hybridized carbons (Fsp3) is 0.400. The van der Waals surface area contributed by atoms with E-state index in [0.29, 0.717) is 17.8 Å². The van der Waals surface area contributed by atoms with Crippen molar-refractivity contribution in [2.75, 3.05) is 17.2 Å². The number of aromatic nitrogens is 4. The van der Waals surface area contributed by atoms with Crippen molar-refractivity contribution in [1.29, 1.82) is 0 Å². The molecular weight excluding hydrogens is 427 g/mol. The molecule has 0 spiro atoms. The molecule has 0 aliphatic rings. The maximum Gasteiger partial charge on any atom is 0.337 e. The number of nitrogens with zero attached hydrogens (tertiary/aromatic N) is 4. The first-order chi connectivity index (χ1) is 14.7. The second-order valence-electron chi connectivity index (χ2n) is 7.30. The second kappa shape index (κ2) is 9.44. The number of halogens is 2. The van der Waals surface area contributed by atoms with Crippen LogP contribution in [0.15, 0.2) is 18.2 Å². The van der Waals surface area contributed by atoms with E-state index in [1.807, 2.05) is 20.8 Å². The van der Waals surface area contributed by atoms with Crippen molar-refractivity contribution in [2.45, 2.75) is 45.7 Å². The molecule has 11 heteroatoms. The number of aromatic carboxylic acids is 1. The van der Waals surface area contributed by atoms with Crippen molar-refractivity contribution < 1.29 is 19.4 Å². The molecule has 166 valence electrons. The Balaban J connectivity index is 2.09. The summed E-state index contributed by atoms with van der Waals surface area (Å²) >= 11 is 6.06. The molecule has 0 saturated carbocycles. The van der Waals surface area contributed by atoms with Gasteiger partial charge in [0.25, 0.3) is 6.08 Å². The summed E-state index contributed by atoms with van der Waals surface area (Å²) in [5.41, 5.74) is 0.958. The Kier molecular flexibility index (Phi) is 6.91. The van der Waals surface area contributed by atoms with Crippen LogP contribution < -0.4 is 10.6 Å². The van der Waals surface area contributed by atoms with Crippen LogP contribution in [0.1, 0.15) is 50.0 Å². The minimum Gasteiger partial charge on any atom is -0.478 e. The number of imidazole rings is 1. The van der Waals surface area contributed by atoms with Gasteiger partial charge in [0.05, 0.1) is 10.6 Å². The van der Waals surface area contributed by atoms with Gasteiger partial charge in [-0.25, -0.2) is 4.79 Å². The monoisotopic (exact) mass is 450 g/mol. The van der Waals surface area contributed by atoms with E-state index in [2.05, 4.69) is 25.6 Å². The van der Waals surface area contributed by atoms with E-state index in [1.54, 1.807) is 0 Å². The summed E-state index contributed by atoms with van der Waals surface area (Å²) in [5, 5.41) is 24.7. The van der Waals surface area contributed by atoms with E-state index >= 15 is 0 Å². The maximum atomic E-state index is 14.6. The molecule has 2 heterocycles. The largest absolute Gasteiger partial charge is 0.478 e. The SMILES string of the molecule is CCC(CCO)Nc1nc(Nc2ccc(C(=O)O)c(Cl)c2)c2nc(F)n(C(C)C)c2n1. The standard InChI is InChI=1S/C20H24ClFN6O3/c1-4-11(7-8-29)24-20-26-16(15-17(27-20)28(10(2)3)19(22)25-15)23-12-5-6-13(18(30)31)14(21)9-12/h5-6,9-11,29H,4,7-8H2,1-3H3,(H,30,31)(H2,23,24,26,27). The Labute approximate surface area is 183 Å². The first-order valence-electron chi connectivity index (χ1n) is 9.87. The maximum absolute atomic E-state index is 14.6. The molecule has 0 bridgehead atoms. The van der Waals surface area contributed by atoms with Crippen molar-refractivity contribution in [3.63, 3.8) is 0 Å². The van der Waals surface area contributed by atoms with E-state index in [4.69, 9.17) is 16.7 Å². The number of carbonyl (C=O) groups is 1. The van der Waals surface area contributed by atoms with Gasteiger partial charge in [-0.15, -0.1) is 0 Å². The number of aliphatic hydroxyl groups excluding tert-OH is 1. The quantitative estimate of drug-likeness (QED) is 0.357. The Morgan fingerprint density at radius 1 is 1.29 bits per heavy atom. The zero-order valence-corrected chi connectivity index (χ0v) is 18.1. The minimum absolute atomic E-state index is 0.00579. The van der Waals surface area contributed by atoms with Crippen LogP contribution in [-0.2, 0) is 0 Å². The highest BCUT2D eigenvalue weighted by atomic mass is 35.5.